The molecule has 0 aromatic rings. The van der Waals surface area contributed by atoms with Gasteiger partial charge in [-0.1, -0.05) is 19.1 Å². The monoisotopic (exact) mass is 267 g/mol. The van der Waals surface area contributed by atoms with Gasteiger partial charge in [-0.05, 0) is 19.3 Å². The summed E-state index contributed by atoms with van der Waals surface area (Å²) in [6.45, 7) is 3.33. The van der Waals surface area contributed by atoms with E-state index in [-0.39, 0.29) is 0 Å². The highest BCUT2D eigenvalue weighted by Gasteiger charge is 2.43. The van der Waals surface area contributed by atoms with Gasteiger partial charge in [-0.15, -0.1) is 0 Å². The Morgan fingerprint density at radius 3 is 2.33 bits per heavy atom. The van der Waals surface area contributed by atoms with Crippen molar-refractivity contribution in [1.29, 1.82) is 0 Å². The summed E-state index contributed by atoms with van der Waals surface area (Å²) in [7, 11) is 0. The molecule has 0 aromatic heterocycles. The van der Waals surface area contributed by atoms with Crippen LogP contribution in [-0.4, -0.2) is 24.2 Å². The highest BCUT2D eigenvalue weighted by molar-refractivity contribution is 5.77. The topological polar surface area (TPSA) is 69.4 Å². The Bertz CT molecular complexity index is 326. The highest BCUT2D eigenvalue weighted by Crippen LogP contribution is 2.22. The van der Waals surface area contributed by atoms with Crippen molar-refractivity contribution in [3.63, 3.8) is 0 Å². The molecule has 0 unspecified atom stereocenters. The predicted octanol–water partition coefficient (Wildman–Crippen LogP) is 1.94. The maximum absolute atomic E-state index is 12.1. The van der Waals surface area contributed by atoms with Crippen LogP contribution in [0.5, 0.6) is 0 Å². The number of esters is 1. The zero-order valence-electron chi connectivity index (χ0n) is 10.2. The number of allylic oxidation sites excluding steroid dienone is 2. The van der Waals surface area contributed by atoms with Crippen LogP contribution in [0.15, 0.2) is 12.2 Å². The third-order valence-electron chi connectivity index (χ3n) is 2.27. The van der Waals surface area contributed by atoms with Crippen molar-refractivity contribution in [2.24, 2.45) is 11.7 Å². The minimum atomic E-state index is -5.07. The average molecular weight is 267 g/mol. The van der Waals surface area contributed by atoms with Gasteiger partial charge >= 0.3 is 12.1 Å². The van der Waals surface area contributed by atoms with Gasteiger partial charge in [-0.25, -0.2) is 4.79 Å². The van der Waals surface area contributed by atoms with Gasteiger partial charge in [0.1, 0.15) is 6.10 Å². The number of carbonyl (C=O) groups is 2. The SMILES string of the molecule is C/C=C/C[C@@H](C)[C@H](CC(N)=O)OC(=O)C(F)(F)F. The van der Waals surface area contributed by atoms with E-state index in [1.165, 1.54) is 0 Å². The minimum absolute atomic E-state index is 0.388. The smallest absolute Gasteiger partial charge is 0.455 e. The Hall–Kier alpha value is -1.53. The summed E-state index contributed by atoms with van der Waals surface area (Å²) >= 11 is 0. The number of carbonyl (C=O) groups excluding carboxylic acids is 2. The zero-order valence-corrected chi connectivity index (χ0v) is 10.2. The van der Waals surface area contributed by atoms with Gasteiger partial charge in [0.15, 0.2) is 0 Å². The number of hydrogen-bond donors (Lipinski definition) is 1. The second kappa shape index (κ2) is 7.03. The lowest BCUT2D eigenvalue weighted by Gasteiger charge is -2.22. The number of amides is 1. The van der Waals surface area contributed by atoms with E-state index in [0.717, 1.165) is 0 Å². The van der Waals surface area contributed by atoms with E-state index in [9.17, 15) is 22.8 Å². The van der Waals surface area contributed by atoms with Crippen LogP contribution >= 0.6 is 0 Å². The van der Waals surface area contributed by atoms with E-state index >= 15 is 0 Å². The van der Waals surface area contributed by atoms with Crippen molar-refractivity contribution < 1.29 is 27.5 Å². The number of nitrogens with two attached hydrogens (primary N) is 1. The molecule has 0 saturated heterocycles. The molecule has 2 atom stereocenters. The standard InChI is InChI=1S/C11H16F3NO3/c1-3-4-5-7(2)8(6-9(15)16)18-10(17)11(12,13)14/h3-4,7-8H,5-6H2,1-2H3,(H2,15,16)/b4-3+/t7-,8+/m1/s1. The molecule has 0 fully saturated rings. The molecule has 7 heteroatoms. The summed E-state index contributed by atoms with van der Waals surface area (Å²) < 4.78 is 40.5. The van der Waals surface area contributed by atoms with Crippen molar-refractivity contribution in [3.8, 4) is 0 Å². The van der Waals surface area contributed by atoms with Gasteiger partial charge in [0.25, 0.3) is 0 Å². The fourth-order valence-corrected chi connectivity index (χ4v) is 1.26. The van der Waals surface area contributed by atoms with E-state index < -0.39 is 36.5 Å². The first-order valence-corrected chi connectivity index (χ1v) is 5.35. The molecule has 0 bridgehead atoms. The van der Waals surface area contributed by atoms with Crippen molar-refractivity contribution in [2.75, 3.05) is 0 Å². The van der Waals surface area contributed by atoms with Crippen LogP contribution in [0.2, 0.25) is 0 Å². The maximum atomic E-state index is 12.1. The summed E-state index contributed by atoms with van der Waals surface area (Å²) in [6.07, 6.45) is -2.87. The van der Waals surface area contributed by atoms with Gasteiger partial charge < -0.3 is 10.5 Å². The summed E-state index contributed by atoms with van der Waals surface area (Å²) in [6, 6.07) is 0. The zero-order chi connectivity index (χ0) is 14.3. The molecule has 4 nitrogen and oxygen atoms in total. The molecule has 104 valence electrons. The van der Waals surface area contributed by atoms with Crippen molar-refractivity contribution in [2.45, 2.75) is 39.0 Å². The second-order valence-electron chi connectivity index (χ2n) is 3.89. The largest absolute Gasteiger partial charge is 0.490 e. The fraction of sp³-hybridized carbons (Fsp3) is 0.636. The molecule has 0 aromatic carbocycles. The molecule has 0 aliphatic carbocycles. The molecule has 0 saturated carbocycles. The van der Waals surface area contributed by atoms with Crippen LogP contribution in [0.3, 0.4) is 0 Å². The van der Waals surface area contributed by atoms with Crippen LogP contribution in [-0.2, 0) is 14.3 Å². The first-order valence-electron chi connectivity index (χ1n) is 5.35. The van der Waals surface area contributed by atoms with Crippen molar-refractivity contribution >= 4 is 11.9 Å². The molecule has 0 spiro atoms. The Morgan fingerprint density at radius 1 is 1.39 bits per heavy atom. The van der Waals surface area contributed by atoms with E-state index in [2.05, 4.69) is 4.74 Å². The Morgan fingerprint density at radius 2 is 1.94 bits per heavy atom. The number of primary amides is 1. The van der Waals surface area contributed by atoms with E-state index in [0.29, 0.717) is 6.42 Å². The molecule has 2 N–H and O–H groups in total. The van der Waals surface area contributed by atoms with Crippen LogP contribution < -0.4 is 5.73 Å². The second-order valence-corrected chi connectivity index (χ2v) is 3.89. The number of hydrogen-bond acceptors (Lipinski definition) is 3. The quantitative estimate of drug-likeness (QED) is 0.590. The molecule has 0 aliphatic heterocycles. The van der Waals surface area contributed by atoms with Crippen LogP contribution in [0.25, 0.3) is 0 Å². The van der Waals surface area contributed by atoms with Crippen LogP contribution in [0.4, 0.5) is 13.2 Å². The number of alkyl halides is 3. The summed E-state index contributed by atoms with van der Waals surface area (Å²) in [4.78, 5) is 21.5. The average Bonchev–Trinajstić information content (AvgIpc) is 2.22. The van der Waals surface area contributed by atoms with E-state index in [1.807, 2.05) is 0 Å². The van der Waals surface area contributed by atoms with Gasteiger partial charge in [-0.2, -0.15) is 13.2 Å². The summed E-state index contributed by atoms with van der Waals surface area (Å²) in [5.41, 5.74) is 4.92. The molecule has 1 amide bonds. The number of halogens is 3. The van der Waals surface area contributed by atoms with Crippen molar-refractivity contribution in [1.82, 2.24) is 0 Å². The number of ether oxygens (including phenoxy) is 1. The summed E-state index contributed by atoms with van der Waals surface area (Å²) in [5, 5.41) is 0. The predicted molar refractivity (Wildman–Crippen MR) is 58.3 cm³/mol. The van der Waals surface area contributed by atoms with Gasteiger partial charge in [-0.3, -0.25) is 4.79 Å². The van der Waals surface area contributed by atoms with Gasteiger partial charge in [0.2, 0.25) is 5.91 Å². The highest BCUT2D eigenvalue weighted by atomic mass is 19.4. The molecule has 18 heavy (non-hydrogen) atoms. The van der Waals surface area contributed by atoms with E-state index in [1.54, 1.807) is 26.0 Å². The van der Waals surface area contributed by atoms with Gasteiger partial charge in [0, 0.05) is 0 Å². The minimum Gasteiger partial charge on any atom is -0.455 e. The molecule has 0 rings (SSSR count). The lowest BCUT2D eigenvalue weighted by molar-refractivity contribution is -0.207. The fourth-order valence-electron chi connectivity index (χ4n) is 1.26. The normalized spacial score (nSPS) is 15.4. The first kappa shape index (κ1) is 16.5. The Balaban J connectivity index is 4.68. The summed E-state index contributed by atoms with van der Waals surface area (Å²) in [5.74, 6) is -3.55. The third kappa shape index (κ3) is 6.27. The van der Waals surface area contributed by atoms with Crippen LogP contribution in [0, 0.1) is 5.92 Å². The lowest BCUT2D eigenvalue weighted by Crippen LogP contribution is -2.35. The van der Waals surface area contributed by atoms with Crippen molar-refractivity contribution in [3.05, 3.63) is 12.2 Å². The maximum Gasteiger partial charge on any atom is 0.490 e. The third-order valence-corrected chi connectivity index (χ3v) is 2.27. The van der Waals surface area contributed by atoms with Crippen LogP contribution in [0.1, 0.15) is 26.7 Å². The molecule has 0 aliphatic rings. The Kier molecular flexibility index (Phi) is 6.43. The first-order chi connectivity index (χ1) is 8.18. The lowest BCUT2D eigenvalue weighted by atomic mass is 9.97. The molecule has 0 radical (unpaired) electrons. The number of rotatable bonds is 6. The Labute approximate surface area is 103 Å². The molecular weight excluding hydrogens is 251 g/mol. The molecule has 0 heterocycles. The molecular formula is C11H16F3NO3. The van der Waals surface area contributed by atoms with Gasteiger partial charge in [0.05, 0.1) is 6.42 Å². The van der Waals surface area contributed by atoms with E-state index in [4.69, 9.17) is 5.73 Å².